The maximum Gasteiger partial charge on any atom is 0.274 e. The van der Waals surface area contributed by atoms with Crippen molar-refractivity contribution in [2.24, 2.45) is 0 Å². The molecule has 3 rings (SSSR count). The summed E-state index contributed by atoms with van der Waals surface area (Å²) in [5.74, 6) is 1.32. The van der Waals surface area contributed by atoms with Crippen LogP contribution in [-0.4, -0.2) is 22.5 Å². The van der Waals surface area contributed by atoms with E-state index in [1.165, 1.54) is 0 Å². The van der Waals surface area contributed by atoms with E-state index in [-0.39, 0.29) is 11.6 Å². The zero-order valence-corrected chi connectivity index (χ0v) is 15.6. The zero-order valence-electron chi connectivity index (χ0n) is 15.6. The third-order valence-corrected chi connectivity index (χ3v) is 3.76. The second-order valence-corrected chi connectivity index (χ2v) is 5.91. The third-order valence-electron chi connectivity index (χ3n) is 3.76. The van der Waals surface area contributed by atoms with Crippen LogP contribution in [0.3, 0.4) is 0 Å². The predicted molar refractivity (Wildman–Crippen MR) is 107 cm³/mol. The molecule has 1 aromatic heterocycles. The molecule has 0 atom stereocenters. The van der Waals surface area contributed by atoms with Crippen LogP contribution in [0.5, 0.6) is 5.75 Å². The van der Waals surface area contributed by atoms with E-state index < -0.39 is 0 Å². The summed E-state index contributed by atoms with van der Waals surface area (Å²) >= 11 is 0. The van der Waals surface area contributed by atoms with Crippen molar-refractivity contribution in [3.05, 3.63) is 71.7 Å². The minimum Gasteiger partial charge on any atom is -0.494 e. The van der Waals surface area contributed by atoms with Gasteiger partial charge in [0.2, 0.25) is 0 Å². The molecule has 1 amide bonds. The van der Waals surface area contributed by atoms with Gasteiger partial charge in [0.05, 0.1) is 18.2 Å². The number of aromatic nitrogens is 2. The number of nitriles is 1. The van der Waals surface area contributed by atoms with E-state index in [4.69, 9.17) is 10.00 Å². The van der Waals surface area contributed by atoms with Crippen molar-refractivity contribution >= 4 is 23.1 Å². The van der Waals surface area contributed by atoms with Gasteiger partial charge < -0.3 is 15.4 Å². The molecule has 0 unspecified atom stereocenters. The Kier molecular flexibility index (Phi) is 5.82. The largest absolute Gasteiger partial charge is 0.494 e. The van der Waals surface area contributed by atoms with Crippen molar-refractivity contribution in [3.63, 3.8) is 0 Å². The standard InChI is InChI=1S/C21H19N5O2/c1-3-28-18-9-7-16(8-10-18)26-21(27)19-12-20(24-14(2)23-19)25-17-6-4-5-15(11-17)13-22/h4-12H,3H2,1-2H3,(H,26,27)(H,23,24,25). The minimum atomic E-state index is -0.344. The van der Waals surface area contributed by atoms with E-state index in [9.17, 15) is 4.79 Å². The summed E-state index contributed by atoms with van der Waals surface area (Å²) in [4.78, 5) is 21.1. The van der Waals surface area contributed by atoms with Crippen LogP contribution in [0.1, 0.15) is 28.8 Å². The van der Waals surface area contributed by atoms with Gasteiger partial charge in [-0.25, -0.2) is 9.97 Å². The number of nitrogens with one attached hydrogen (secondary N) is 2. The molecule has 7 heteroatoms. The van der Waals surface area contributed by atoms with Crippen molar-refractivity contribution < 1.29 is 9.53 Å². The average molecular weight is 373 g/mol. The van der Waals surface area contributed by atoms with Crippen LogP contribution in [0.2, 0.25) is 0 Å². The fraction of sp³-hybridized carbons (Fsp3) is 0.143. The molecule has 0 aliphatic carbocycles. The molecule has 0 saturated heterocycles. The SMILES string of the molecule is CCOc1ccc(NC(=O)c2cc(Nc3cccc(C#N)c3)nc(C)n2)cc1. The molecule has 0 saturated carbocycles. The first-order valence-corrected chi connectivity index (χ1v) is 8.74. The molecule has 0 radical (unpaired) electrons. The quantitative estimate of drug-likeness (QED) is 0.676. The fourth-order valence-electron chi connectivity index (χ4n) is 2.56. The number of hydrogen-bond acceptors (Lipinski definition) is 6. The number of anilines is 3. The van der Waals surface area contributed by atoms with Crippen LogP contribution in [0.4, 0.5) is 17.2 Å². The second-order valence-electron chi connectivity index (χ2n) is 5.91. The van der Waals surface area contributed by atoms with Crippen molar-refractivity contribution in [2.75, 3.05) is 17.2 Å². The normalized spacial score (nSPS) is 10.0. The Bertz CT molecular complexity index is 1030. The number of carbonyl (C=O) groups excluding carboxylic acids is 1. The molecule has 2 aromatic carbocycles. The van der Waals surface area contributed by atoms with Crippen molar-refractivity contribution in [1.29, 1.82) is 5.26 Å². The lowest BCUT2D eigenvalue weighted by Crippen LogP contribution is -2.15. The van der Waals surface area contributed by atoms with E-state index in [0.717, 1.165) is 5.75 Å². The van der Waals surface area contributed by atoms with Gasteiger partial charge in [-0.2, -0.15) is 5.26 Å². The van der Waals surface area contributed by atoms with E-state index in [0.29, 0.717) is 35.2 Å². The average Bonchev–Trinajstić information content (AvgIpc) is 2.69. The lowest BCUT2D eigenvalue weighted by Gasteiger charge is -2.10. The van der Waals surface area contributed by atoms with E-state index >= 15 is 0 Å². The van der Waals surface area contributed by atoms with Crippen LogP contribution in [0.15, 0.2) is 54.6 Å². The maximum atomic E-state index is 12.6. The number of aryl methyl sites for hydroxylation is 1. The first-order valence-electron chi connectivity index (χ1n) is 8.74. The van der Waals surface area contributed by atoms with Gasteiger partial charge >= 0.3 is 0 Å². The third kappa shape index (κ3) is 4.83. The number of benzene rings is 2. The highest BCUT2D eigenvalue weighted by Gasteiger charge is 2.11. The molecule has 2 N–H and O–H groups in total. The van der Waals surface area contributed by atoms with Gasteiger partial charge in [0.15, 0.2) is 0 Å². The Morgan fingerprint density at radius 3 is 2.61 bits per heavy atom. The zero-order chi connectivity index (χ0) is 19.9. The lowest BCUT2D eigenvalue weighted by molar-refractivity contribution is 0.102. The van der Waals surface area contributed by atoms with Crippen LogP contribution in [0.25, 0.3) is 0 Å². The number of amides is 1. The summed E-state index contributed by atoms with van der Waals surface area (Å²) < 4.78 is 5.39. The Morgan fingerprint density at radius 2 is 1.89 bits per heavy atom. The molecule has 0 spiro atoms. The highest BCUT2D eigenvalue weighted by atomic mass is 16.5. The first kappa shape index (κ1) is 18.9. The summed E-state index contributed by atoms with van der Waals surface area (Å²) in [6.07, 6.45) is 0. The number of nitrogens with zero attached hydrogens (tertiary/aromatic N) is 3. The summed E-state index contributed by atoms with van der Waals surface area (Å²) in [5, 5.41) is 14.9. The molecule has 0 bridgehead atoms. The van der Waals surface area contributed by atoms with E-state index in [2.05, 4.69) is 26.7 Å². The van der Waals surface area contributed by atoms with Gasteiger partial charge in [-0.1, -0.05) is 6.07 Å². The van der Waals surface area contributed by atoms with Crippen LogP contribution < -0.4 is 15.4 Å². The van der Waals surface area contributed by atoms with Crippen LogP contribution in [-0.2, 0) is 0 Å². The van der Waals surface area contributed by atoms with Crippen LogP contribution >= 0.6 is 0 Å². The molecule has 7 nitrogen and oxygen atoms in total. The monoisotopic (exact) mass is 373 g/mol. The number of carbonyl (C=O) groups is 1. The van der Waals surface area contributed by atoms with Gasteiger partial charge in [0.25, 0.3) is 5.91 Å². The molecule has 3 aromatic rings. The molecule has 0 fully saturated rings. The number of rotatable bonds is 6. The Morgan fingerprint density at radius 1 is 1.11 bits per heavy atom. The lowest BCUT2D eigenvalue weighted by atomic mass is 10.2. The van der Waals surface area contributed by atoms with E-state index in [1.807, 2.05) is 13.0 Å². The van der Waals surface area contributed by atoms with Gasteiger partial charge in [0, 0.05) is 17.4 Å². The van der Waals surface area contributed by atoms with Crippen molar-refractivity contribution in [3.8, 4) is 11.8 Å². The maximum absolute atomic E-state index is 12.6. The highest BCUT2D eigenvalue weighted by Crippen LogP contribution is 2.19. The highest BCUT2D eigenvalue weighted by molar-refractivity contribution is 6.03. The Labute approximate surface area is 163 Å². The number of hydrogen-bond donors (Lipinski definition) is 2. The van der Waals surface area contributed by atoms with Gasteiger partial charge in [0.1, 0.15) is 23.1 Å². The molecular weight excluding hydrogens is 354 g/mol. The molecule has 0 aliphatic heterocycles. The summed E-state index contributed by atoms with van der Waals surface area (Å²) in [6, 6.07) is 17.8. The minimum absolute atomic E-state index is 0.236. The summed E-state index contributed by atoms with van der Waals surface area (Å²) in [5.41, 5.74) is 2.11. The molecule has 1 heterocycles. The summed E-state index contributed by atoms with van der Waals surface area (Å²) in [6.45, 7) is 4.21. The summed E-state index contributed by atoms with van der Waals surface area (Å²) in [7, 11) is 0. The van der Waals surface area contributed by atoms with Gasteiger partial charge in [-0.05, 0) is 56.3 Å². The molecular formula is C21H19N5O2. The smallest absolute Gasteiger partial charge is 0.274 e. The number of ether oxygens (including phenoxy) is 1. The fourth-order valence-corrected chi connectivity index (χ4v) is 2.56. The van der Waals surface area contributed by atoms with Crippen molar-refractivity contribution in [1.82, 2.24) is 9.97 Å². The Hall–Kier alpha value is -3.92. The van der Waals surface area contributed by atoms with Crippen LogP contribution in [0, 0.1) is 18.3 Å². The van der Waals surface area contributed by atoms with Gasteiger partial charge in [-0.15, -0.1) is 0 Å². The molecule has 28 heavy (non-hydrogen) atoms. The Balaban J connectivity index is 1.76. The molecule has 0 aliphatic rings. The van der Waals surface area contributed by atoms with Crippen molar-refractivity contribution in [2.45, 2.75) is 13.8 Å². The molecule has 140 valence electrons. The van der Waals surface area contributed by atoms with Gasteiger partial charge in [-0.3, -0.25) is 4.79 Å². The second kappa shape index (κ2) is 8.64. The topological polar surface area (TPSA) is 99.9 Å². The van der Waals surface area contributed by atoms with E-state index in [1.54, 1.807) is 55.5 Å². The predicted octanol–water partition coefficient (Wildman–Crippen LogP) is 4.05. The first-order chi connectivity index (χ1) is 13.6.